The van der Waals surface area contributed by atoms with E-state index in [0.29, 0.717) is 13.0 Å². The van der Waals surface area contributed by atoms with Gasteiger partial charge in [-0.15, -0.1) is 0 Å². The number of nitrogens with zero attached hydrogens (tertiary/aromatic N) is 5. The Morgan fingerprint density at radius 3 is 2.08 bits per heavy atom. The molecule has 13 nitrogen and oxygen atoms in total. The van der Waals surface area contributed by atoms with Crippen molar-refractivity contribution in [3.63, 3.8) is 0 Å². The Bertz CT molecular complexity index is 1110. The van der Waals surface area contributed by atoms with Gasteiger partial charge in [0.2, 0.25) is 0 Å². The van der Waals surface area contributed by atoms with Gasteiger partial charge in [-0.05, 0) is 40.2 Å². The summed E-state index contributed by atoms with van der Waals surface area (Å²) in [5.74, 6) is -0.146. The molecule has 1 aromatic rings. The molecule has 1 aliphatic carbocycles. The van der Waals surface area contributed by atoms with E-state index in [1.807, 2.05) is 0 Å². The zero-order chi connectivity index (χ0) is 29.3. The van der Waals surface area contributed by atoms with E-state index in [2.05, 4.69) is 70.7 Å². The van der Waals surface area contributed by atoms with Crippen LogP contribution in [0.25, 0.3) is 10.4 Å². The number of hydrogen-bond donors (Lipinski definition) is 1. The van der Waals surface area contributed by atoms with Gasteiger partial charge in [-0.1, -0.05) is 60.5 Å². The van der Waals surface area contributed by atoms with Gasteiger partial charge in [0.15, 0.2) is 0 Å². The average Bonchev–Trinajstić information content (AvgIpc) is 3.13. The third kappa shape index (κ3) is 5.83. The molecule has 0 unspecified atom stereocenters. The number of benzene rings is 1. The third-order valence-electron chi connectivity index (χ3n) is 8.07. The summed E-state index contributed by atoms with van der Waals surface area (Å²) < 4.78 is 21.1. The van der Waals surface area contributed by atoms with Crippen LogP contribution in [0.5, 0.6) is 0 Å². The smallest absolute Gasteiger partial charge is 0.334 e. The van der Waals surface area contributed by atoms with Crippen LogP contribution in [-0.2, 0) is 13.0 Å². The molecule has 0 aromatic heterocycles. The highest BCUT2D eigenvalue weighted by Crippen LogP contribution is 2.49. The van der Waals surface area contributed by atoms with Gasteiger partial charge in [-0.25, -0.2) is 0 Å². The number of nitro groups is 2. The van der Waals surface area contributed by atoms with Crippen LogP contribution in [0, 0.1) is 26.1 Å². The molecule has 1 aromatic carbocycles. The Kier molecular flexibility index (Phi) is 9.45. The Hall–Kier alpha value is -2.56. The van der Waals surface area contributed by atoms with Crippen molar-refractivity contribution in [1.82, 2.24) is 0 Å². The molecule has 1 saturated heterocycles. The van der Waals surface area contributed by atoms with Crippen molar-refractivity contribution in [2.45, 2.75) is 102 Å². The highest BCUT2D eigenvalue weighted by molar-refractivity contribution is 6.83. The molecular weight excluding hydrogens is 540 g/mol. The number of hydrogen-bond acceptors (Lipinski definition) is 9. The zero-order valence-electron chi connectivity index (χ0n) is 23.9. The minimum absolute atomic E-state index is 0.0821. The van der Waals surface area contributed by atoms with Crippen LogP contribution in [0.2, 0.25) is 22.2 Å². The maximum atomic E-state index is 11.8. The summed E-state index contributed by atoms with van der Waals surface area (Å²) in [7, 11) is -5.72. The normalized spacial score (nSPS) is 26.2. The molecule has 216 valence electrons. The molecule has 15 heteroatoms. The lowest BCUT2D eigenvalue weighted by molar-refractivity contribution is -0.393. The number of fused-ring (bicyclic) bond motifs is 1. The maximum absolute atomic E-state index is 11.8. The first kappa shape index (κ1) is 31.0. The van der Waals surface area contributed by atoms with Gasteiger partial charge in [0.05, 0.1) is 28.1 Å². The molecule has 1 saturated carbocycles. The first-order valence-corrected chi connectivity index (χ1v) is 17.4. The minimum Gasteiger partial charge on any atom is -0.414 e. The van der Waals surface area contributed by atoms with Crippen molar-refractivity contribution in [3.05, 3.63) is 48.9 Å². The van der Waals surface area contributed by atoms with Crippen LogP contribution in [0.1, 0.15) is 61.8 Å². The van der Waals surface area contributed by atoms with Gasteiger partial charge in [0.1, 0.15) is 5.69 Å². The van der Waals surface area contributed by atoms with Crippen molar-refractivity contribution in [2.24, 2.45) is 11.0 Å². The summed E-state index contributed by atoms with van der Waals surface area (Å²) in [4.78, 5) is 24.7. The predicted molar refractivity (Wildman–Crippen MR) is 152 cm³/mol. The van der Waals surface area contributed by atoms with Crippen LogP contribution >= 0.6 is 0 Å². The molecule has 1 N–H and O–H groups in total. The fourth-order valence-corrected chi connectivity index (χ4v) is 17.4. The van der Waals surface area contributed by atoms with Crippen LogP contribution in [0.3, 0.4) is 0 Å². The molecule has 39 heavy (non-hydrogen) atoms. The Morgan fingerprint density at radius 2 is 1.59 bits per heavy atom. The largest absolute Gasteiger partial charge is 0.414 e. The lowest BCUT2D eigenvalue weighted by Crippen LogP contribution is -2.65. The SMILES string of the molecule is CC(C)[Si]1(C(C)C)OC[C@H]2C[C@@H](Nc3ccc([N+](=O)[O-])cc3[N+](=O)[O-])[C@@H](N=[N+]=[N-])[C@@H]2O[Si](C(C)C)(C(C)C)O1. The van der Waals surface area contributed by atoms with Gasteiger partial charge in [0, 0.05) is 29.5 Å². The second kappa shape index (κ2) is 11.9. The van der Waals surface area contributed by atoms with E-state index < -0.39 is 50.8 Å². The molecule has 0 spiro atoms. The summed E-state index contributed by atoms with van der Waals surface area (Å²) in [6.07, 6.45) is -0.0394. The lowest BCUT2D eigenvalue weighted by Gasteiger charge is -2.51. The molecule has 0 radical (unpaired) electrons. The second-order valence-corrected chi connectivity index (χ2v) is 20.6. The summed E-state index contributed by atoms with van der Waals surface area (Å²) in [6.45, 7) is 17.3. The van der Waals surface area contributed by atoms with E-state index >= 15 is 0 Å². The van der Waals surface area contributed by atoms with Crippen molar-refractivity contribution in [2.75, 3.05) is 11.9 Å². The van der Waals surface area contributed by atoms with Crippen LogP contribution < -0.4 is 5.32 Å². The Morgan fingerprint density at radius 1 is 1.00 bits per heavy atom. The average molecular weight is 581 g/mol. The first-order valence-electron chi connectivity index (χ1n) is 13.5. The van der Waals surface area contributed by atoms with Crippen LogP contribution in [0.4, 0.5) is 17.1 Å². The molecular formula is C24H40N6O7Si2. The lowest BCUT2D eigenvalue weighted by atomic mass is 10.1. The maximum Gasteiger partial charge on any atom is 0.334 e. The predicted octanol–water partition coefficient (Wildman–Crippen LogP) is 6.94. The van der Waals surface area contributed by atoms with E-state index in [0.717, 1.165) is 6.07 Å². The standard InChI is InChI=1S/C24H40N6O7Si2/c1-14(2)38(15(3)4)35-13-18-11-21(26-20-10-9-19(29(31)32)12-22(20)30(33)34)23(27-28-25)24(18)36-39(37-38,16(5)6)17(7)8/h9-10,12,14-18,21,23-24,26H,11,13H2,1-8H3/t18-,21-,23-,24-/m1/s1. The molecule has 1 aliphatic heterocycles. The van der Waals surface area contributed by atoms with E-state index in [1.54, 1.807) is 0 Å². The topological polar surface area (TPSA) is 175 Å². The quantitative estimate of drug-likeness (QED) is 0.0815. The summed E-state index contributed by atoms with van der Waals surface area (Å²) in [5.41, 5.74) is 9.32. The molecule has 2 aliphatic rings. The summed E-state index contributed by atoms with van der Waals surface area (Å²) >= 11 is 0. The molecule has 2 fully saturated rings. The fraction of sp³-hybridized carbons (Fsp3) is 0.750. The van der Waals surface area contributed by atoms with E-state index in [-0.39, 0.29) is 39.5 Å². The Labute approximate surface area is 231 Å². The number of nitro benzene ring substituents is 2. The number of anilines is 1. The van der Waals surface area contributed by atoms with Gasteiger partial charge in [-0.2, -0.15) is 0 Å². The monoisotopic (exact) mass is 580 g/mol. The fourth-order valence-electron chi connectivity index (χ4n) is 6.06. The number of azide groups is 1. The van der Waals surface area contributed by atoms with E-state index in [9.17, 15) is 25.8 Å². The molecule has 3 rings (SSSR count). The van der Waals surface area contributed by atoms with Crippen molar-refractivity contribution < 1.29 is 22.8 Å². The van der Waals surface area contributed by atoms with Crippen molar-refractivity contribution in [3.8, 4) is 0 Å². The van der Waals surface area contributed by atoms with Gasteiger partial charge in [0.25, 0.3) is 11.4 Å². The highest BCUT2D eigenvalue weighted by Gasteiger charge is 2.61. The highest BCUT2D eigenvalue weighted by atomic mass is 28.5. The van der Waals surface area contributed by atoms with Gasteiger partial charge < -0.3 is 18.3 Å². The van der Waals surface area contributed by atoms with E-state index in [1.165, 1.54) is 12.1 Å². The molecule has 0 bridgehead atoms. The Balaban J connectivity index is 2.09. The third-order valence-corrected chi connectivity index (χ3v) is 18.3. The number of non-ortho nitro benzene ring substituents is 1. The number of rotatable bonds is 9. The zero-order valence-corrected chi connectivity index (χ0v) is 25.9. The summed E-state index contributed by atoms with van der Waals surface area (Å²) in [5, 5.41) is 30.2. The number of nitrogens with one attached hydrogen (secondary N) is 1. The van der Waals surface area contributed by atoms with Gasteiger partial charge in [-0.3, -0.25) is 20.2 Å². The van der Waals surface area contributed by atoms with E-state index in [4.69, 9.17) is 13.0 Å². The van der Waals surface area contributed by atoms with Crippen LogP contribution in [-0.4, -0.2) is 51.8 Å². The molecule has 0 amide bonds. The molecule has 4 atom stereocenters. The minimum atomic E-state index is -2.97. The first-order chi connectivity index (χ1) is 18.2. The van der Waals surface area contributed by atoms with Crippen molar-refractivity contribution >= 4 is 34.2 Å². The van der Waals surface area contributed by atoms with Crippen molar-refractivity contribution in [1.29, 1.82) is 0 Å². The summed E-state index contributed by atoms with van der Waals surface area (Å²) in [6, 6.07) is 2.25. The molecule has 1 heterocycles. The second-order valence-electron chi connectivity index (χ2n) is 11.7. The van der Waals surface area contributed by atoms with Gasteiger partial charge >= 0.3 is 17.1 Å². The van der Waals surface area contributed by atoms with Crippen LogP contribution in [0.15, 0.2) is 23.3 Å².